The molecule has 1 aromatic rings. The highest BCUT2D eigenvalue weighted by Gasteiger charge is 2.18. The van der Waals surface area contributed by atoms with Gasteiger partial charge >= 0.3 is 0 Å². The molecular formula is C13H14Cl3N3. The van der Waals surface area contributed by atoms with Gasteiger partial charge in [-0.3, -0.25) is 0 Å². The zero-order valence-electron chi connectivity index (χ0n) is 10.9. The quantitative estimate of drug-likeness (QED) is 0.343. The number of hydrogen-bond acceptors (Lipinski definition) is 2. The summed E-state index contributed by atoms with van der Waals surface area (Å²) in [5.41, 5.74) is 0.845. The summed E-state index contributed by atoms with van der Waals surface area (Å²) >= 11 is 18.1. The standard InChI is InChI=1S/C13H14Cl3N3/c1-4-13(18-7-17)19(3)8(2)9-5-11(15)12(16)6-10(9)14/h5-6,8H,4H2,1-3H3. The highest BCUT2D eigenvalue weighted by molar-refractivity contribution is 6.43. The third-order valence-corrected chi connectivity index (χ3v) is 4.02. The van der Waals surface area contributed by atoms with Gasteiger partial charge in [-0.15, -0.1) is 0 Å². The minimum atomic E-state index is -0.0608. The van der Waals surface area contributed by atoms with E-state index in [0.717, 1.165) is 5.56 Å². The number of rotatable bonds is 3. The summed E-state index contributed by atoms with van der Waals surface area (Å²) in [7, 11) is 1.86. The lowest BCUT2D eigenvalue weighted by atomic mass is 10.1. The van der Waals surface area contributed by atoms with Crippen molar-refractivity contribution in [1.82, 2.24) is 4.90 Å². The Morgan fingerprint density at radius 2 is 1.89 bits per heavy atom. The smallest absolute Gasteiger partial charge is 0.207 e. The summed E-state index contributed by atoms with van der Waals surface area (Å²) in [4.78, 5) is 5.70. The Kier molecular flexibility index (Phi) is 5.93. The molecule has 102 valence electrons. The molecule has 19 heavy (non-hydrogen) atoms. The summed E-state index contributed by atoms with van der Waals surface area (Å²) in [5.74, 6) is 0.692. The first-order valence-electron chi connectivity index (χ1n) is 5.75. The summed E-state index contributed by atoms with van der Waals surface area (Å²) in [6, 6.07) is 3.31. The van der Waals surface area contributed by atoms with Crippen molar-refractivity contribution in [3.05, 3.63) is 32.8 Å². The van der Waals surface area contributed by atoms with Crippen LogP contribution in [0.3, 0.4) is 0 Å². The monoisotopic (exact) mass is 317 g/mol. The Bertz CT molecular complexity index is 535. The van der Waals surface area contributed by atoms with Crippen LogP contribution in [-0.2, 0) is 0 Å². The molecule has 6 heteroatoms. The third-order valence-electron chi connectivity index (χ3n) is 2.97. The number of benzene rings is 1. The van der Waals surface area contributed by atoms with E-state index in [-0.39, 0.29) is 6.04 Å². The van der Waals surface area contributed by atoms with E-state index in [4.69, 9.17) is 40.1 Å². The predicted octanol–water partition coefficient (Wildman–Crippen LogP) is 4.93. The maximum atomic E-state index is 8.68. The highest BCUT2D eigenvalue weighted by atomic mass is 35.5. The summed E-state index contributed by atoms with van der Waals surface area (Å²) in [6.45, 7) is 3.91. The van der Waals surface area contributed by atoms with Crippen LogP contribution < -0.4 is 0 Å². The minimum absolute atomic E-state index is 0.0608. The fourth-order valence-electron chi connectivity index (χ4n) is 1.76. The summed E-state index contributed by atoms with van der Waals surface area (Å²) in [5, 5.41) is 10.1. The Morgan fingerprint density at radius 1 is 1.32 bits per heavy atom. The van der Waals surface area contributed by atoms with Crippen molar-refractivity contribution in [2.24, 2.45) is 4.99 Å². The maximum absolute atomic E-state index is 8.68. The van der Waals surface area contributed by atoms with E-state index in [0.29, 0.717) is 27.3 Å². The third kappa shape index (κ3) is 3.76. The fourth-order valence-corrected chi connectivity index (χ4v) is 2.47. The second-order valence-corrected chi connectivity index (χ2v) is 5.28. The largest absolute Gasteiger partial charge is 0.356 e. The summed E-state index contributed by atoms with van der Waals surface area (Å²) < 4.78 is 0. The molecule has 0 bridgehead atoms. The molecule has 0 aliphatic heterocycles. The number of nitriles is 1. The molecule has 0 aliphatic carbocycles. The van der Waals surface area contributed by atoms with E-state index in [1.807, 2.05) is 32.0 Å². The molecule has 0 heterocycles. The Labute approximate surface area is 128 Å². The molecule has 1 unspecified atom stereocenters. The second-order valence-electron chi connectivity index (χ2n) is 4.06. The van der Waals surface area contributed by atoms with Crippen molar-refractivity contribution in [3.63, 3.8) is 0 Å². The van der Waals surface area contributed by atoms with Crippen molar-refractivity contribution < 1.29 is 0 Å². The lowest BCUT2D eigenvalue weighted by Gasteiger charge is -2.28. The molecule has 1 atom stereocenters. The van der Waals surface area contributed by atoms with Crippen LogP contribution in [0.1, 0.15) is 31.9 Å². The van der Waals surface area contributed by atoms with Crippen LogP contribution in [0.2, 0.25) is 15.1 Å². The topological polar surface area (TPSA) is 39.4 Å². The first kappa shape index (κ1) is 16.1. The van der Waals surface area contributed by atoms with E-state index < -0.39 is 0 Å². The van der Waals surface area contributed by atoms with E-state index in [1.165, 1.54) is 0 Å². The van der Waals surface area contributed by atoms with Crippen molar-refractivity contribution in [2.45, 2.75) is 26.3 Å². The normalized spacial score (nSPS) is 13.0. The van der Waals surface area contributed by atoms with Crippen LogP contribution in [-0.4, -0.2) is 17.8 Å². The number of amidine groups is 1. The average molecular weight is 319 g/mol. The SMILES string of the molecule is CCC(=NC#N)N(C)C(C)c1cc(Cl)c(Cl)cc1Cl. The molecule has 1 aromatic carbocycles. The Balaban J connectivity index is 3.13. The van der Waals surface area contributed by atoms with Crippen LogP contribution in [0.25, 0.3) is 0 Å². The molecule has 0 aromatic heterocycles. The molecule has 0 radical (unpaired) electrons. The van der Waals surface area contributed by atoms with Gasteiger partial charge in [0.05, 0.1) is 16.1 Å². The van der Waals surface area contributed by atoms with E-state index in [9.17, 15) is 0 Å². The summed E-state index contributed by atoms with van der Waals surface area (Å²) in [6.07, 6.45) is 2.47. The fraction of sp³-hybridized carbons (Fsp3) is 0.385. The minimum Gasteiger partial charge on any atom is -0.356 e. The average Bonchev–Trinajstić information content (AvgIpc) is 2.38. The van der Waals surface area contributed by atoms with E-state index >= 15 is 0 Å². The highest BCUT2D eigenvalue weighted by Crippen LogP contribution is 2.34. The van der Waals surface area contributed by atoms with Crippen molar-refractivity contribution >= 4 is 40.6 Å². The number of hydrogen-bond donors (Lipinski definition) is 0. The molecular weight excluding hydrogens is 305 g/mol. The lowest BCUT2D eigenvalue weighted by molar-refractivity contribution is 0.396. The van der Waals surface area contributed by atoms with Crippen LogP contribution in [0, 0.1) is 11.5 Å². The van der Waals surface area contributed by atoms with Crippen LogP contribution >= 0.6 is 34.8 Å². The predicted molar refractivity (Wildman–Crippen MR) is 81.0 cm³/mol. The van der Waals surface area contributed by atoms with Gasteiger partial charge in [-0.2, -0.15) is 10.3 Å². The van der Waals surface area contributed by atoms with Crippen LogP contribution in [0.4, 0.5) is 0 Å². The van der Waals surface area contributed by atoms with Gasteiger partial charge in [0.15, 0.2) is 0 Å². The molecule has 0 spiro atoms. The molecule has 0 fully saturated rings. The molecule has 0 amide bonds. The molecule has 3 nitrogen and oxygen atoms in total. The van der Waals surface area contributed by atoms with Gasteiger partial charge < -0.3 is 4.90 Å². The van der Waals surface area contributed by atoms with Gasteiger partial charge in [-0.25, -0.2) is 0 Å². The van der Waals surface area contributed by atoms with Gasteiger partial charge in [-0.05, 0) is 24.6 Å². The zero-order valence-corrected chi connectivity index (χ0v) is 13.2. The van der Waals surface area contributed by atoms with Crippen LogP contribution in [0.5, 0.6) is 0 Å². The molecule has 1 rings (SSSR count). The van der Waals surface area contributed by atoms with Crippen molar-refractivity contribution in [2.75, 3.05) is 7.05 Å². The molecule has 0 saturated heterocycles. The van der Waals surface area contributed by atoms with Gasteiger partial charge in [-0.1, -0.05) is 41.7 Å². The molecule has 0 aliphatic rings. The van der Waals surface area contributed by atoms with Crippen molar-refractivity contribution in [3.8, 4) is 6.19 Å². The van der Waals surface area contributed by atoms with Crippen molar-refractivity contribution in [1.29, 1.82) is 5.26 Å². The Morgan fingerprint density at radius 3 is 2.42 bits per heavy atom. The van der Waals surface area contributed by atoms with E-state index in [2.05, 4.69) is 4.99 Å². The zero-order chi connectivity index (χ0) is 14.6. The number of halogens is 3. The van der Waals surface area contributed by atoms with E-state index in [1.54, 1.807) is 12.1 Å². The molecule has 0 saturated carbocycles. The Hall–Kier alpha value is -0.950. The molecule has 0 N–H and O–H groups in total. The first-order valence-corrected chi connectivity index (χ1v) is 6.88. The first-order chi connectivity index (χ1) is 8.92. The van der Waals surface area contributed by atoms with Gasteiger partial charge in [0.2, 0.25) is 6.19 Å². The lowest BCUT2D eigenvalue weighted by Crippen LogP contribution is -2.29. The van der Waals surface area contributed by atoms with Gasteiger partial charge in [0, 0.05) is 18.5 Å². The van der Waals surface area contributed by atoms with Crippen LogP contribution in [0.15, 0.2) is 17.1 Å². The van der Waals surface area contributed by atoms with Gasteiger partial charge in [0.25, 0.3) is 0 Å². The van der Waals surface area contributed by atoms with Gasteiger partial charge in [0.1, 0.15) is 5.84 Å². The second kappa shape index (κ2) is 7.00. The number of nitrogens with zero attached hydrogens (tertiary/aromatic N) is 3. The number of aliphatic imine (C=N–C) groups is 1. The maximum Gasteiger partial charge on any atom is 0.207 e.